The van der Waals surface area contributed by atoms with Gasteiger partial charge in [0.25, 0.3) is 0 Å². The van der Waals surface area contributed by atoms with Gasteiger partial charge < -0.3 is 14.4 Å². The maximum atomic E-state index is 11.2. The number of hydrogen-bond acceptors (Lipinski definition) is 5. The molecule has 1 aromatic carbocycles. The van der Waals surface area contributed by atoms with Crippen molar-refractivity contribution in [3.05, 3.63) is 29.2 Å². The zero-order valence-corrected chi connectivity index (χ0v) is 10.4. The summed E-state index contributed by atoms with van der Waals surface area (Å²) in [6.45, 7) is 3.53. The van der Waals surface area contributed by atoms with Crippen molar-refractivity contribution < 1.29 is 19.2 Å². The van der Waals surface area contributed by atoms with Gasteiger partial charge in [-0.3, -0.25) is 4.79 Å². The predicted molar refractivity (Wildman–Crippen MR) is 65.0 cm³/mol. The van der Waals surface area contributed by atoms with Crippen LogP contribution in [0.25, 0.3) is 11.1 Å². The summed E-state index contributed by atoms with van der Waals surface area (Å²) in [7, 11) is 1.43. The molecule has 0 aliphatic rings. The van der Waals surface area contributed by atoms with Crippen LogP contribution < -0.4 is 4.74 Å². The van der Waals surface area contributed by atoms with Gasteiger partial charge in [0, 0.05) is 11.1 Å². The topological polar surface area (TPSA) is 72.6 Å². The third-order valence-electron chi connectivity index (χ3n) is 2.82. The summed E-state index contributed by atoms with van der Waals surface area (Å²) in [5.41, 5.74) is 2.14. The van der Waals surface area contributed by atoms with E-state index in [9.17, 15) is 9.90 Å². The summed E-state index contributed by atoms with van der Waals surface area (Å²) < 4.78 is 10.0. The van der Waals surface area contributed by atoms with Crippen LogP contribution in [0, 0.1) is 13.8 Å². The van der Waals surface area contributed by atoms with Crippen LogP contribution in [0.4, 0.5) is 0 Å². The van der Waals surface area contributed by atoms with E-state index in [0.29, 0.717) is 23.3 Å². The Labute approximate surface area is 104 Å². The fourth-order valence-electron chi connectivity index (χ4n) is 1.96. The molecule has 0 saturated heterocycles. The third kappa shape index (κ3) is 1.73. The maximum Gasteiger partial charge on any atom is 0.169 e. The van der Waals surface area contributed by atoms with Crippen molar-refractivity contribution in [3.63, 3.8) is 0 Å². The molecule has 0 aliphatic heterocycles. The van der Waals surface area contributed by atoms with E-state index < -0.39 is 0 Å². The Bertz CT molecular complexity index is 582. The molecule has 94 valence electrons. The first-order chi connectivity index (χ1) is 8.60. The molecule has 0 radical (unpaired) electrons. The van der Waals surface area contributed by atoms with Gasteiger partial charge in [-0.25, -0.2) is 0 Å². The number of benzene rings is 1. The SMILES string of the molecule is COc1ccc(-c2c(C)noc2C)c(C=O)c1O. The summed E-state index contributed by atoms with van der Waals surface area (Å²) >= 11 is 0. The summed E-state index contributed by atoms with van der Waals surface area (Å²) in [6.07, 6.45) is 0.596. The van der Waals surface area contributed by atoms with Crippen LogP contribution in [0.5, 0.6) is 11.5 Å². The zero-order valence-electron chi connectivity index (χ0n) is 10.4. The Morgan fingerprint density at radius 1 is 1.39 bits per heavy atom. The molecule has 0 fully saturated rings. The molecule has 18 heavy (non-hydrogen) atoms. The van der Waals surface area contributed by atoms with E-state index in [-0.39, 0.29) is 17.1 Å². The minimum absolute atomic E-state index is 0.170. The number of nitrogens with zero attached hydrogens (tertiary/aromatic N) is 1. The number of aryl methyl sites for hydroxylation is 2. The van der Waals surface area contributed by atoms with Gasteiger partial charge in [-0.15, -0.1) is 0 Å². The van der Waals surface area contributed by atoms with Crippen molar-refractivity contribution in [1.29, 1.82) is 0 Å². The molecule has 5 nitrogen and oxygen atoms in total. The van der Waals surface area contributed by atoms with Gasteiger partial charge in [-0.2, -0.15) is 0 Å². The van der Waals surface area contributed by atoms with Gasteiger partial charge in [0.05, 0.1) is 18.4 Å². The number of phenolic OH excluding ortho intramolecular Hbond substituents is 1. The standard InChI is InChI=1S/C13H13NO4/c1-7-12(8(2)18-14-7)9-4-5-11(17-3)13(16)10(9)6-15/h4-6,16H,1-3H3. The first-order valence-electron chi connectivity index (χ1n) is 5.38. The molecule has 0 atom stereocenters. The molecule has 2 rings (SSSR count). The van der Waals surface area contributed by atoms with Gasteiger partial charge in [0.2, 0.25) is 0 Å². The smallest absolute Gasteiger partial charge is 0.169 e. The summed E-state index contributed by atoms with van der Waals surface area (Å²) in [6, 6.07) is 3.30. The maximum absolute atomic E-state index is 11.2. The fraction of sp³-hybridized carbons (Fsp3) is 0.231. The van der Waals surface area contributed by atoms with Gasteiger partial charge in [0.1, 0.15) is 5.76 Å². The largest absolute Gasteiger partial charge is 0.504 e. The van der Waals surface area contributed by atoms with E-state index in [1.54, 1.807) is 26.0 Å². The van der Waals surface area contributed by atoms with Crippen molar-refractivity contribution in [3.8, 4) is 22.6 Å². The van der Waals surface area contributed by atoms with Crippen molar-refractivity contribution >= 4 is 6.29 Å². The number of phenols is 1. The number of aromatic hydroxyl groups is 1. The fourth-order valence-corrected chi connectivity index (χ4v) is 1.96. The van der Waals surface area contributed by atoms with Crippen molar-refractivity contribution in [2.75, 3.05) is 7.11 Å². The van der Waals surface area contributed by atoms with Crippen LogP contribution in [0.2, 0.25) is 0 Å². The van der Waals surface area contributed by atoms with E-state index in [4.69, 9.17) is 9.26 Å². The summed E-state index contributed by atoms with van der Waals surface area (Å²) in [4.78, 5) is 11.2. The van der Waals surface area contributed by atoms with Crippen molar-refractivity contribution in [2.45, 2.75) is 13.8 Å². The van der Waals surface area contributed by atoms with Gasteiger partial charge >= 0.3 is 0 Å². The highest BCUT2D eigenvalue weighted by atomic mass is 16.5. The second kappa shape index (κ2) is 4.52. The number of ether oxygens (including phenoxy) is 1. The minimum Gasteiger partial charge on any atom is -0.504 e. The third-order valence-corrected chi connectivity index (χ3v) is 2.82. The lowest BCUT2D eigenvalue weighted by molar-refractivity contribution is 0.112. The molecule has 1 N–H and O–H groups in total. The lowest BCUT2D eigenvalue weighted by atomic mass is 9.98. The highest BCUT2D eigenvalue weighted by Gasteiger charge is 2.19. The molecular weight excluding hydrogens is 234 g/mol. The van der Waals surface area contributed by atoms with Gasteiger partial charge in [-0.1, -0.05) is 5.16 Å². The van der Waals surface area contributed by atoms with Crippen LogP contribution in [-0.4, -0.2) is 23.7 Å². The Morgan fingerprint density at radius 3 is 2.61 bits per heavy atom. The molecule has 1 aromatic heterocycles. The van der Waals surface area contributed by atoms with Crippen LogP contribution in [0.3, 0.4) is 0 Å². The molecule has 5 heteroatoms. The van der Waals surface area contributed by atoms with E-state index in [1.807, 2.05) is 0 Å². The zero-order chi connectivity index (χ0) is 13.3. The van der Waals surface area contributed by atoms with Crippen LogP contribution >= 0.6 is 0 Å². The number of carbonyl (C=O) groups excluding carboxylic acids is 1. The highest BCUT2D eigenvalue weighted by molar-refractivity contribution is 5.93. The lowest BCUT2D eigenvalue weighted by Crippen LogP contribution is -1.94. The molecule has 0 aliphatic carbocycles. The number of rotatable bonds is 3. The Hall–Kier alpha value is -2.30. The number of aromatic nitrogens is 1. The van der Waals surface area contributed by atoms with E-state index in [0.717, 1.165) is 5.56 Å². The predicted octanol–water partition coefficient (Wildman–Crippen LogP) is 2.49. The average Bonchev–Trinajstić information content (AvgIpc) is 2.69. The molecule has 0 spiro atoms. The molecule has 0 amide bonds. The van der Waals surface area contributed by atoms with Gasteiger partial charge in [0.15, 0.2) is 17.8 Å². The van der Waals surface area contributed by atoms with Crippen LogP contribution in [0.1, 0.15) is 21.8 Å². The van der Waals surface area contributed by atoms with Crippen molar-refractivity contribution in [1.82, 2.24) is 5.16 Å². The van der Waals surface area contributed by atoms with E-state index in [2.05, 4.69) is 5.16 Å². The number of methoxy groups -OCH3 is 1. The minimum atomic E-state index is -0.176. The molecule has 0 unspecified atom stereocenters. The molecule has 0 bridgehead atoms. The number of aldehydes is 1. The van der Waals surface area contributed by atoms with E-state index in [1.165, 1.54) is 7.11 Å². The Balaban J connectivity index is 2.73. The summed E-state index contributed by atoms with van der Waals surface area (Å²) in [5, 5.41) is 13.8. The van der Waals surface area contributed by atoms with Gasteiger partial charge in [-0.05, 0) is 26.0 Å². The average molecular weight is 247 g/mol. The number of hydrogen-bond donors (Lipinski definition) is 1. The molecular formula is C13H13NO4. The highest BCUT2D eigenvalue weighted by Crippen LogP contribution is 2.38. The second-order valence-electron chi connectivity index (χ2n) is 3.89. The summed E-state index contributed by atoms with van der Waals surface area (Å²) in [5.74, 6) is 0.678. The Kier molecular flexibility index (Phi) is 3.06. The monoisotopic (exact) mass is 247 g/mol. The van der Waals surface area contributed by atoms with Crippen LogP contribution in [0.15, 0.2) is 16.7 Å². The number of carbonyl (C=O) groups is 1. The Morgan fingerprint density at radius 2 is 2.11 bits per heavy atom. The first-order valence-corrected chi connectivity index (χ1v) is 5.38. The van der Waals surface area contributed by atoms with E-state index >= 15 is 0 Å². The quantitative estimate of drug-likeness (QED) is 0.843. The normalized spacial score (nSPS) is 10.4. The molecule has 1 heterocycles. The lowest BCUT2D eigenvalue weighted by Gasteiger charge is -2.10. The van der Waals surface area contributed by atoms with Crippen molar-refractivity contribution in [2.24, 2.45) is 0 Å². The molecule has 0 saturated carbocycles. The molecule has 2 aromatic rings. The second-order valence-corrected chi connectivity index (χ2v) is 3.89. The first kappa shape index (κ1) is 12.2. The van der Waals surface area contributed by atoms with Crippen LogP contribution in [-0.2, 0) is 0 Å².